The van der Waals surface area contributed by atoms with Crippen molar-refractivity contribution in [2.24, 2.45) is 0 Å². The van der Waals surface area contributed by atoms with E-state index in [-0.39, 0.29) is 11.3 Å². The van der Waals surface area contributed by atoms with E-state index in [9.17, 15) is 20.0 Å². The number of hydrogen-bond acceptors (Lipinski definition) is 5. The Bertz CT molecular complexity index is 524. The summed E-state index contributed by atoms with van der Waals surface area (Å²) < 4.78 is 0. The Balaban J connectivity index is 2.20. The largest absolute Gasteiger partial charge is 0.388 e. The van der Waals surface area contributed by atoms with E-state index in [1.54, 1.807) is 6.07 Å². The molecule has 6 nitrogen and oxygen atoms in total. The number of nitro benzene ring substituents is 1. The minimum Gasteiger partial charge on any atom is -0.388 e. The number of anilines is 1. The molecule has 0 atom stereocenters. The van der Waals surface area contributed by atoms with Gasteiger partial charge in [0.15, 0.2) is 6.29 Å². The molecule has 0 aliphatic heterocycles. The lowest BCUT2D eigenvalue weighted by atomic mass is 10.0. The lowest BCUT2D eigenvalue weighted by Crippen LogP contribution is -2.39. The fourth-order valence-electron chi connectivity index (χ4n) is 2.76. The molecule has 0 spiro atoms. The Hall–Kier alpha value is -1.95. The predicted octanol–water partition coefficient (Wildman–Crippen LogP) is 2.15. The third-order valence-corrected chi connectivity index (χ3v) is 3.84. The fraction of sp³-hybridized carbons (Fsp3) is 0.500. The summed E-state index contributed by atoms with van der Waals surface area (Å²) in [6.45, 7) is 0.461. The average molecular weight is 278 g/mol. The van der Waals surface area contributed by atoms with E-state index >= 15 is 0 Å². The van der Waals surface area contributed by atoms with Crippen molar-refractivity contribution in [3.8, 4) is 0 Å². The van der Waals surface area contributed by atoms with Crippen LogP contribution < -0.4 is 4.90 Å². The Labute approximate surface area is 117 Å². The van der Waals surface area contributed by atoms with Crippen LogP contribution in [0, 0.1) is 10.1 Å². The minimum atomic E-state index is -0.697. The molecule has 0 heterocycles. The molecule has 1 aliphatic rings. The van der Waals surface area contributed by atoms with E-state index in [4.69, 9.17) is 0 Å². The zero-order valence-electron chi connectivity index (χ0n) is 11.4. The summed E-state index contributed by atoms with van der Waals surface area (Å²) in [6.07, 6.45) is 4.06. The van der Waals surface area contributed by atoms with Crippen LogP contribution in [-0.4, -0.2) is 35.5 Å². The molecule has 1 saturated carbocycles. The molecule has 0 radical (unpaired) electrons. The number of nitro groups is 1. The van der Waals surface area contributed by atoms with Gasteiger partial charge in [0.2, 0.25) is 0 Å². The summed E-state index contributed by atoms with van der Waals surface area (Å²) >= 11 is 0. The average Bonchev–Trinajstić information content (AvgIpc) is 2.84. The fourth-order valence-corrected chi connectivity index (χ4v) is 2.76. The van der Waals surface area contributed by atoms with Crippen molar-refractivity contribution in [3.05, 3.63) is 33.9 Å². The molecule has 0 saturated heterocycles. The van der Waals surface area contributed by atoms with Crippen LogP contribution in [0.4, 0.5) is 11.4 Å². The number of rotatable bonds is 5. The third-order valence-electron chi connectivity index (χ3n) is 3.84. The maximum absolute atomic E-state index is 10.9. The van der Waals surface area contributed by atoms with Gasteiger partial charge >= 0.3 is 0 Å². The van der Waals surface area contributed by atoms with E-state index in [0.29, 0.717) is 18.5 Å². The molecular weight excluding hydrogens is 260 g/mol. The Morgan fingerprint density at radius 3 is 2.65 bits per heavy atom. The van der Waals surface area contributed by atoms with E-state index in [0.717, 1.165) is 25.7 Å². The number of carbonyl (C=O) groups is 1. The van der Waals surface area contributed by atoms with Gasteiger partial charge in [-0.05, 0) is 25.0 Å². The number of aliphatic hydroxyl groups is 1. The molecule has 0 amide bonds. The van der Waals surface area contributed by atoms with Crippen molar-refractivity contribution in [1.82, 2.24) is 0 Å². The highest BCUT2D eigenvalue weighted by Crippen LogP contribution is 2.32. The first-order valence-corrected chi connectivity index (χ1v) is 6.62. The monoisotopic (exact) mass is 278 g/mol. The highest BCUT2D eigenvalue weighted by molar-refractivity contribution is 5.83. The van der Waals surface area contributed by atoms with Gasteiger partial charge in [0.25, 0.3) is 5.69 Å². The van der Waals surface area contributed by atoms with Gasteiger partial charge in [0.1, 0.15) is 0 Å². The van der Waals surface area contributed by atoms with Gasteiger partial charge in [0, 0.05) is 25.3 Å². The molecule has 2 rings (SSSR count). The van der Waals surface area contributed by atoms with Crippen LogP contribution in [0.2, 0.25) is 0 Å². The second-order valence-corrected chi connectivity index (χ2v) is 5.41. The van der Waals surface area contributed by atoms with Crippen LogP contribution in [-0.2, 0) is 0 Å². The molecule has 108 valence electrons. The zero-order valence-corrected chi connectivity index (χ0v) is 11.4. The molecule has 1 aliphatic carbocycles. The van der Waals surface area contributed by atoms with E-state index in [1.165, 1.54) is 12.1 Å². The van der Waals surface area contributed by atoms with Crippen molar-refractivity contribution in [3.63, 3.8) is 0 Å². The third kappa shape index (κ3) is 2.96. The lowest BCUT2D eigenvalue weighted by Gasteiger charge is -2.30. The summed E-state index contributed by atoms with van der Waals surface area (Å²) in [5.74, 6) is 0. The van der Waals surface area contributed by atoms with Gasteiger partial charge in [-0.2, -0.15) is 0 Å². The SMILES string of the molecule is CN(CC1(O)CCCC1)c1ccc([N+](=O)[O-])c(C=O)c1. The van der Waals surface area contributed by atoms with E-state index in [1.807, 2.05) is 11.9 Å². The number of nitrogens with zero attached hydrogens (tertiary/aromatic N) is 2. The van der Waals surface area contributed by atoms with Gasteiger partial charge in [-0.3, -0.25) is 14.9 Å². The summed E-state index contributed by atoms with van der Waals surface area (Å²) in [5, 5.41) is 21.2. The predicted molar refractivity (Wildman–Crippen MR) is 75.2 cm³/mol. The number of carbonyl (C=O) groups excluding carboxylic acids is 1. The van der Waals surface area contributed by atoms with Crippen LogP contribution >= 0.6 is 0 Å². The maximum atomic E-state index is 10.9. The first kappa shape index (κ1) is 14.5. The molecule has 1 aromatic carbocycles. The standard InChI is InChI=1S/C14H18N2O4/c1-15(10-14(18)6-2-3-7-14)12-4-5-13(16(19)20)11(8-12)9-17/h4-5,8-9,18H,2-3,6-7,10H2,1H3. The van der Waals surface area contributed by atoms with Crippen LogP contribution in [0.3, 0.4) is 0 Å². The summed E-state index contributed by atoms with van der Waals surface area (Å²) in [6, 6.07) is 4.42. The van der Waals surface area contributed by atoms with Gasteiger partial charge in [-0.1, -0.05) is 12.8 Å². The quantitative estimate of drug-likeness (QED) is 0.507. The van der Waals surface area contributed by atoms with Crippen molar-refractivity contribution in [2.45, 2.75) is 31.3 Å². The van der Waals surface area contributed by atoms with Crippen molar-refractivity contribution < 1.29 is 14.8 Å². The highest BCUT2D eigenvalue weighted by atomic mass is 16.6. The number of likely N-dealkylation sites (N-methyl/N-ethyl adjacent to an activating group) is 1. The van der Waals surface area contributed by atoms with Crippen LogP contribution in [0.25, 0.3) is 0 Å². The molecule has 6 heteroatoms. The highest BCUT2D eigenvalue weighted by Gasteiger charge is 2.32. The van der Waals surface area contributed by atoms with Crippen molar-refractivity contribution in [2.75, 3.05) is 18.5 Å². The molecule has 0 aromatic heterocycles. The molecular formula is C14H18N2O4. The molecule has 0 bridgehead atoms. The zero-order chi connectivity index (χ0) is 14.8. The summed E-state index contributed by atoms with van der Waals surface area (Å²) in [4.78, 5) is 23.0. The van der Waals surface area contributed by atoms with Crippen LogP contribution in [0.15, 0.2) is 18.2 Å². The smallest absolute Gasteiger partial charge is 0.280 e. The van der Waals surface area contributed by atoms with Gasteiger partial charge in [-0.15, -0.1) is 0 Å². The van der Waals surface area contributed by atoms with Crippen LogP contribution in [0.5, 0.6) is 0 Å². The van der Waals surface area contributed by atoms with Gasteiger partial charge < -0.3 is 10.0 Å². The van der Waals surface area contributed by atoms with Crippen molar-refractivity contribution >= 4 is 17.7 Å². The number of aldehydes is 1. The second kappa shape index (κ2) is 5.58. The Morgan fingerprint density at radius 1 is 1.45 bits per heavy atom. The van der Waals surface area contributed by atoms with Crippen molar-refractivity contribution in [1.29, 1.82) is 0 Å². The normalized spacial score (nSPS) is 16.9. The summed E-state index contributed by atoms with van der Waals surface area (Å²) in [7, 11) is 1.81. The Kier molecular flexibility index (Phi) is 4.04. The topological polar surface area (TPSA) is 83.7 Å². The second-order valence-electron chi connectivity index (χ2n) is 5.41. The van der Waals surface area contributed by atoms with Gasteiger partial charge in [0.05, 0.1) is 16.1 Å². The molecule has 1 aromatic rings. The lowest BCUT2D eigenvalue weighted by molar-refractivity contribution is -0.385. The number of hydrogen-bond donors (Lipinski definition) is 1. The maximum Gasteiger partial charge on any atom is 0.280 e. The first-order valence-electron chi connectivity index (χ1n) is 6.62. The molecule has 1 N–H and O–H groups in total. The minimum absolute atomic E-state index is 0.0535. The van der Waals surface area contributed by atoms with Gasteiger partial charge in [-0.25, -0.2) is 0 Å². The molecule has 0 unspecified atom stereocenters. The summed E-state index contributed by atoms with van der Waals surface area (Å²) in [5.41, 5.74) is -0.148. The van der Waals surface area contributed by atoms with E-state index in [2.05, 4.69) is 0 Å². The first-order chi connectivity index (χ1) is 9.45. The molecule has 1 fully saturated rings. The number of benzene rings is 1. The molecule has 20 heavy (non-hydrogen) atoms. The van der Waals surface area contributed by atoms with E-state index < -0.39 is 10.5 Å². The Morgan fingerprint density at radius 2 is 2.10 bits per heavy atom. The van der Waals surface area contributed by atoms with Crippen LogP contribution in [0.1, 0.15) is 36.0 Å².